The normalized spacial score (nSPS) is 10.4. The van der Waals surface area contributed by atoms with Gasteiger partial charge in [-0.1, -0.05) is 47.9 Å². The van der Waals surface area contributed by atoms with Crippen molar-refractivity contribution >= 4 is 10.8 Å². The van der Waals surface area contributed by atoms with Crippen LogP contribution in [0.25, 0.3) is 10.8 Å². The molecule has 0 fully saturated rings. The third-order valence-corrected chi connectivity index (χ3v) is 2.71. The average molecular weight is 264 g/mol. The Kier molecular flexibility index (Phi) is 4.11. The highest BCUT2D eigenvalue weighted by molar-refractivity contribution is 5.93. The number of benzene rings is 2. The second-order valence-corrected chi connectivity index (χ2v) is 4.98. The van der Waals surface area contributed by atoms with Crippen molar-refractivity contribution in [3.8, 4) is 23.7 Å². The number of rotatable bonds is 0. The molecule has 100 valence electrons. The monoisotopic (exact) mass is 264 g/mol. The largest absolute Gasteiger partial charge is 0.384 e. The van der Waals surface area contributed by atoms with Gasteiger partial charge in [0, 0.05) is 16.5 Å². The standard InChI is InChI=1S/C18H16O2/c1-18(2,20)12-11-16-9-4-7-14-6-3-8-15(17(14)16)10-5-13-19/h3-4,6-9,19-20H,13H2,1-2H3. The van der Waals surface area contributed by atoms with Crippen LogP contribution in [0, 0.1) is 23.7 Å². The number of hydrogen-bond donors (Lipinski definition) is 2. The van der Waals surface area contributed by atoms with Crippen molar-refractivity contribution < 1.29 is 10.2 Å². The van der Waals surface area contributed by atoms with Crippen molar-refractivity contribution in [1.82, 2.24) is 0 Å². The first-order chi connectivity index (χ1) is 9.51. The van der Waals surface area contributed by atoms with Crippen LogP contribution in [0.15, 0.2) is 36.4 Å². The van der Waals surface area contributed by atoms with Crippen LogP contribution in [0.5, 0.6) is 0 Å². The van der Waals surface area contributed by atoms with Crippen molar-refractivity contribution in [2.24, 2.45) is 0 Å². The van der Waals surface area contributed by atoms with Crippen molar-refractivity contribution in [3.05, 3.63) is 47.5 Å². The average Bonchev–Trinajstić information content (AvgIpc) is 2.41. The molecule has 2 aromatic rings. The van der Waals surface area contributed by atoms with Crippen LogP contribution in [0.2, 0.25) is 0 Å². The second kappa shape index (κ2) is 5.80. The molecule has 2 aromatic carbocycles. The van der Waals surface area contributed by atoms with Gasteiger partial charge < -0.3 is 10.2 Å². The van der Waals surface area contributed by atoms with Crippen LogP contribution in [-0.2, 0) is 0 Å². The minimum atomic E-state index is -1.03. The quantitative estimate of drug-likeness (QED) is 0.717. The Morgan fingerprint density at radius 1 is 1.00 bits per heavy atom. The maximum absolute atomic E-state index is 9.73. The molecular weight excluding hydrogens is 248 g/mol. The summed E-state index contributed by atoms with van der Waals surface area (Å²) in [6, 6.07) is 11.7. The van der Waals surface area contributed by atoms with Gasteiger partial charge >= 0.3 is 0 Å². The number of fused-ring (bicyclic) bond motifs is 1. The molecule has 0 unspecified atom stereocenters. The van der Waals surface area contributed by atoms with Crippen LogP contribution >= 0.6 is 0 Å². The van der Waals surface area contributed by atoms with Crippen molar-refractivity contribution in [1.29, 1.82) is 0 Å². The maximum Gasteiger partial charge on any atom is 0.120 e. The van der Waals surface area contributed by atoms with Crippen LogP contribution in [0.1, 0.15) is 25.0 Å². The summed E-state index contributed by atoms with van der Waals surface area (Å²) in [6.45, 7) is 3.13. The van der Waals surface area contributed by atoms with Gasteiger partial charge in [-0.05, 0) is 31.4 Å². The van der Waals surface area contributed by atoms with E-state index in [1.807, 2.05) is 36.4 Å². The lowest BCUT2D eigenvalue weighted by molar-refractivity contribution is 0.143. The Hall–Kier alpha value is -2.26. The summed E-state index contributed by atoms with van der Waals surface area (Å²) in [4.78, 5) is 0. The van der Waals surface area contributed by atoms with Gasteiger partial charge in [0.2, 0.25) is 0 Å². The highest BCUT2D eigenvalue weighted by Crippen LogP contribution is 2.22. The molecule has 0 aliphatic heterocycles. The third kappa shape index (κ3) is 3.39. The molecule has 0 heterocycles. The van der Waals surface area contributed by atoms with E-state index in [0.717, 1.165) is 21.9 Å². The molecule has 0 saturated heterocycles. The number of aliphatic hydroxyl groups excluding tert-OH is 1. The van der Waals surface area contributed by atoms with Gasteiger partial charge in [-0.2, -0.15) is 0 Å². The molecule has 0 spiro atoms. The van der Waals surface area contributed by atoms with Crippen LogP contribution in [-0.4, -0.2) is 22.4 Å². The van der Waals surface area contributed by atoms with E-state index in [2.05, 4.69) is 23.7 Å². The summed E-state index contributed by atoms with van der Waals surface area (Å²) >= 11 is 0. The summed E-state index contributed by atoms with van der Waals surface area (Å²) in [6.07, 6.45) is 0. The summed E-state index contributed by atoms with van der Waals surface area (Å²) in [5.74, 6) is 11.4. The highest BCUT2D eigenvalue weighted by atomic mass is 16.3. The first-order valence-corrected chi connectivity index (χ1v) is 6.38. The Balaban J connectivity index is 2.68. The third-order valence-electron chi connectivity index (χ3n) is 2.71. The zero-order valence-electron chi connectivity index (χ0n) is 11.6. The van der Waals surface area contributed by atoms with Gasteiger partial charge in [-0.15, -0.1) is 0 Å². The van der Waals surface area contributed by atoms with E-state index in [1.54, 1.807) is 13.8 Å². The Labute approximate surface area is 119 Å². The van der Waals surface area contributed by atoms with Gasteiger partial charge in [0.25, 0.3) is 0 Å². The number of hydrogen-bond acceptors (Lipinski definition) is 2. The first kappa shape index (κ1) is 14.2. The molecule has 2 heteroatoms. The summed E-state index contributed by atoms with van der Waals surface area (Å²) in [7, 11) is 0. The molecule has 2 N–H and O–H groups in total. The summed E-state index contributed by atoms with van der Waals surface area (Å²) < 4.78 is 0. The SMILES string of the molecule is CC(C)(O)C#Cc1cccc2cccc(C#CCO)c12. The molecular formula is C18H16O2. The molecule has 2 nitrogen and oxygen atoms in total. The fraction of sp³-hybridized carbons (Fsp3) is 0.222. The van der Waals surface area contributed by atoms with Crippen LogP contribution < -0.4 is 0 Å². The van der Waals surface area contributed by atoms with E-state index in [1.165, 1.54) is 0 Å². The second-order valence-electron chi connectivity index (χ2n) is 4.98. The Bertz CT molecular complexity index is 739. The summed E-state index contributed by atoms with van der Waals surface area (Å²) in [5.41, 5.74) is 0.623. The minimum Gasteiger partial charge on any atom is -0.384 e. The van der Waals surface area contributed by atoms with E-state index in [-0.39, 0.29) is 6.61 Å². The summed E-state index contributed by atoms with van der Waals surface area (Å²) in [5, 5.41) is 20.6. The fourth-order valence-corrected chi connectivity index (χ4v) is 1.90. The lowest BCUT2D eigenvalue weighted by atomic mass is 9.99. The van der Waals surface area contributed by atoms with E-state index in [0.29, 0.717) is 0 Å². The predicted molar refractivity (Wildman–Crippen MR) is 81.1 cm³/mol. The van der Waals surface area contributed by atoms with E-state index in [9.17, 15) is 5.11 Å². The van der Waals surface area contributed by atoms with Gasteiger partial charge in [0.1, 0.15) is 12.2 Å². The van der Waals surface area contributed by atoms with E-state index >= 15 is 0 Å². The van der Waals surface area contributed by atoms with E-state index in [4.69, 9.17) is 5.11 Å². The van der Waals surface area contributed by atoms with Gasteiger partial charge in [0.15, 0.2) is 0 Å². The molecule has 0 saturated carbocycles. The molecule has 2 rings (SSSR count). The molecule has 20 heavy (non-hydrogen) atoms. The smallest absolute Gasteiger partial charge is 0.120 e. The zero-order chi connectivity index (χ0) is 14.6. The fourth-order valence-electron chi connectivity index (χ4n) is 1.90. The lowest BCUT2D eigenvalue weighted by Crippen LogP contribution is -2.14. The molecule has 0 bridgehead atoms. The van der Waals surface area contributed by atoms with Crippen molar-refractivity contribution in [2.75, 3.05) is 6.61 Å². The van der Waals surface area contributed by atoms with Gasteiger partial charge in [0.05, 0.1) is 0 Å². The van der Waals surface area contributed by atoms with E-state index < -0.39 is 5.60 Å². The van der Waals surface area contributed by atoms with Crippen LogP contribution in [0.3, 0.4) is 0 Å². The molecule has 0 radical (unpaired) electrons. The van der Waals surface area contributed by atoms with Gasteiger partial charge in [-0.25, -0.2) is 0 Å². The molecule has 0 aliphatic carbocycles. The van der Waals surface area contributed by atoms with Gasteiger partial charge in [-0.3, -0.25) is 0 Å². The van der Waals surface area contributed by atoms with Crippen molar-refractivity contribution in [3.63, 3.8) is 0 Å². The van der Waals surface area contributed by atoms with Crippen LogP contribution in [0.4, 0.5) is 0 Å². The molecule has 0 amide bonds. The molecule has 0 aromatic heterocycles. The minimum absolute atomic E-state index is 0.173. The first-order valence-electron chi connectivity index (χ1n) is 6.38. The Morgan fingerprint density at radius 3 is 2.15 bits per heavy atom. The highest BCUT2D eigenvalue weighted by Gasteiger charge is 2.07. The van der Waals surface area contributed by atoms with Crippen molar-refractivity contribution in [2.45, 2.75) is 19.4 Å². The molecule has 0 aliphatic rings. The zero-order valence-corrected chi connectivity index (χ0v) is 11.6. The Morgan fingerprint density at radius 2 is 1.60 bits per heavy atom. The topological polar surface area (TPSA) is 40.5 Å². The predicted octanol–water partition coefficient (Wildman–Crippen LogP) is 2.31. The lowest BCUT2D eigenvalue weighted by Gasteiger charge is -2.07. The maximum atomic E-state index is 9.73. The molecule has 0 atom stereocenters. The number of aliphatic hydroxyl groups is 2.